The summed E-state index contributed by atoms with van der Waals surface area (Å²) in [6.07, 6.45) is 0. The molecule has 0 fully saturated rings. The van der Waals surface area contributed by atoms with Crippen molar-refractivity contribution in [2.24, 2.45) is 0 Å². The lowest BCUT2D eigenvalue weighted by Gasteiger charge is -2.11. The maximum absolute atomic E-state index is 12.9. The van der Waals surface area contributed by atoms with Crippen LogP contribution < -0.4 is 10.0 Å². The number of nitrogens with one attached hydrogen (secondary N) is 2. The van der Waals surface area contributed by atoms with Gasteiger partial charge in [-0.1, -0.05) is 12.1 Å². The Bertz CT molecular complexity index is 908. The molecule has 3 nitrogen and oxygen atoms in total. The first-order valence-electron chi connectivity index (χ1n) is 8.19. The van der Waals surface area contributed by atoms with Crippen molar-refractivity contribution >= 4 is 29.2 Å². The number of rotatable bonds is 5. The molecule has 0 aliphatic rings. The third kappa shape index (κ3) is 4.43. The second-order valence-electron chi connectivity index (χ2n) is 5.94. The van der Waals surface area contributed by atoms with Crippen LogP contribution >= 0.6 is 11.9 Å². The predicted octanol–water partition coefficient (Wildman–Crippen LogP) is 5.81. The Morgan fingerprint density at radius 2 is 1.62 bits per heavy atom. The highest BCUT2D eigenvalue weighted by atomic mass is 32.2. The largest absolute Gasteiger partial charge is 0.326 e. The van der Waals surface area contributed by atoms with Crippen molar-refractivity contribution in [3.63, 3.8) is 0 Å². The van der Waals surface area contributed by atoms with Crippen LogP contribution in [0.4, 0.5) is 15.8 Å². The lowest BCUT2D eigenvalue weighted by molar-refractivity contribution is 0.102. The van der Waals surface area contributed by atoms with Crippen LogP contribution in [-0.4, -0.2) is 5.91 Å². The van der Waals surface area contributed by atoms with E-state index in [2.05, 4.69) is 10.0 Å². The summed E-state index contributed by atoms with van der Waals surface area (Å²) < 4.78 is 16.1. The first-order valence-corrected chi connectivity index (χ1v) is 9.00. The number of hydrogen-bond donors (Lipinski definition) is 2. The zero-order valence-corrected chi connectivity index (χ0v) is 15.4. The standard InChI is InChI=1S/C21H19FN2OS/c1-14-4-3-5-20(15(14)2)23-21(25)16-6-10-18(11-7-16)24-26-19-12-8-17(22)9-13-19/h3-13,24H,1-2H3,(H,23,25). The van der Waals surface area contributed by atoms with Gasteiger partial charge in [-0.05, 0) is 91.5 Å². The van der Waals surface area contributed by atoms with E-state index in [1.807, 2.05) is 44.2 Å². The summed E-state index contributed by atoms with van der Waals surface area (Å²) >= 11 is 1.39. The zero-order chi connectivity index (χ0) is 18.5. The van der Waals surface area contributed by atoms with Gasteiger partial charge >= 0.3 is 0 Å². The molecule has 5 heteroatoms. The first kappa shape index (κ1) is 18.0. The monoisotopic (exact) mass is 366 g/mol. The topological polar surface area (TPSA) is 41.1 Å². The Labute approximate surface area is 156 Å². The minimum absolute atomic E-state index is 0.142. The van der Waals surface area contributed by atoms with E-state index in [9.17, 15) is 9.18 Å². The van der Waals surface area contributed by atoms with Crippen molar-refractivity contribution in [3.8, 4) is 0 Å². The van der Waals surface area contributed by atoms with Crippen molar-refractivity contribution in [2.45, 2.75) is 18.7 Å². The molecule has 0 aliphatic heterocycles. The molecule has 0 aliphatic carbocycles. The van der Waals surface area contributed by atoms with Crippen LogP contribution in [0.5, 0.6) is 0 Å². The summed E-state index contributed by atoms with van der Waals surface area (Å²) in [5, 5.41) is 2.95. The number of carbonyl (C=O) groups is 1. The molecule has 0 atom stereocenters. The summed E-state index contributed by atoms with van der Waals surface area (Å²) in [6.45, 7) is 4.01. The van der Waals surface area contributed by atoms with Crippen molar-refractivity contribution in [2.75, 3.05) is 10.0 Å². The molecule has 132 valence electrons. The SMILES string of the molecule is Cc1cccc(NC(=O)c2ccc(NSc3ccc(F)cc3)cc2)c1C. The second-order valence-corrected chi connectivity index (χ2v) is 6.82. The molecular formula is C21H19FN2OS. The smallest absolute Gasteiger partial charge is 0.255 e. The maximum atomic E-state index is 12.9. The fourth-order valence-corrected chi connectivity index (χ4v) is 3.04. The number of hydrogen-bond acceptors (Lipinski definition) is 3. The number of amides is 1. The normalized spacial score (nSPS) is 10.4. The van der Waals surface area contributed by atoms with Crippen molar-refractivity contribution in [1.29, 1.82) is 0 Å². The Morgan fingerprint density at radius 1 is 0.923 bits per heavy atom. The molecule has 0 saturated heterocycles. The maximum Gasteiger partial charge on any atom is 0.255 e. The van der Waals surface area contributed by atoms with E-state index in [1.165, 1.54) is 24.1 Å². The van der Waals surface area contributed by atoms with Gasteiger partial charge in [0.1, 0.15) is 5.82 Å². The van der Waals surface area contributed by atoms with Crippen LogP contribution in [0.3, 0.4) is 0 Å². The van der Waals surface area contributed by atoms with Crippen LogP contribution in [0.1, 0.15) is 21.5 Å². The van der Waals surface area contributed by atoms with Gasteiger partial charge in [0.05, 0.1) is 0 Å². The molecule has 0 unspecified atom stereocenters. The second kappa shape index (κ2) is 8.06. The number of carbonyl (C=O) groups excluding carboxylic acids is 1. The summed E-state index contributed by atoms with van der Waals surface area (Å²) in [5.41, 5.74) is 4.48. The zero-order valence-electron chi connectivity index (χ0n) is 14.5. The van der Waals surface area contributed by atoms with Crippen LogP contribution in [0.25, 0.3) is 0 Å². The fraction of sp³-hybridized carbons (Fsp3) is 0.0952. The minimum Gasteiger partial charge on any atom is -0.326 e. The molecular weight excluding hydrogens is 347 g/mol. The number of anilines is 2. The molecule has 0 aromatic heterocycles. The Balaban J connectivity index is 1.62. The van der Waals surface area contributed by atoms with E-state index >= 15 is 0 Å². The van der Waals surface area contributed by atoms with Gasteiger partial charge in [0.15, 0.2) is 0 Å². The highest BCUT2D eigenvalue weighted by Gasteiger charge is 2.08. The van der Waals surface area contributed by atoms with Gasteiger partial charge in [0.25, 0.3) is 5.91 Å². The number of benzene rings is 3. The van der Waals surface area contributed by atoms with Crippen LogP contribution in [0.2, 0.25) is 0 Å². The molecule has 0 bridgehead atoms. The molecule has 0 radical (unpaired) electrons. The van der Waals surface area contributed by atoms with Crippen LogP contribution in [0, 0.1) is 19.7 Å². The van der Waals surface area contributed by atoms with Gasteiger partial charge in [0, 0.05) is 21.8 Å². The average Bonchev–Trinajstić information content (AvgIpc) is 2.65. The summed E-state index contributed by atoms with van der Waals surface area (Å²) in [5.74, 6) is -0.398. The quantitative estimate of drug-likeness (QED) is 0.560. The number of aryl methyl sites for hydroxylation is 1. The van der Waals surface area contributed by atoms with Crippen molar-refractivity contribution in [3.05, 3.63) is 89.2 Å². The van der Waals surface area contributed by atoms with E-state index in [-0.39, 0.29) is 11.7 Å². The van der Waals surface area contributed by atoms with Gasteiger partial charge in [-0.2, -0.15) is 0 Å². The lowest BCUT2D eigenvalue weighted by Crippen LogP contribution is -2.13. The molecule has 26 heavy (non-hydrogen) atoms. The third-order valence-electron chi connectivity index (χ3n) is 4.10. The molecule has 3 aromatic rings. The highest BCUT2D eigenvalue weighted by molar-refractivity contribution is 8.00. The van der Waals surface area contributed by atoms with E-state index in [1.54, 1.807) is 24.3 Å². The van der Waals surface area contributed by atoms with E-state index < -0.39 is 0 Å². The third-order valence-corrected chi connectivity index (χ3v) is 4.95. The lowest BCUT2D eigenvalue weighted by atomic mass is 10.1. The molecule has 1 amide bonds. The Kier molecular flexibility index (Phi) is 5.58. The minimum atomic E-state index is -0.256. The van der Waals surface area contributed by atoms with Gasteiger partial charge in [0.2, 0.25) is 0 Å². The molecule has 0 spiro atoms. The molecule has 3 aromatic carbocycles. The van der Waals surface area contributed by atoms with Gasteiger partial charge < -0.3 is 10.0 Å². The van der Waals surface area contributed by atoms with Gasteiger partial charge in [-0.15, -0.1) is 0 Å². The summed E-state index contributed by atoms with van der Waals surface area (Å²) in [6, 6.07) is 19.3. The van der Waals surface area contributed by atoms with E-state index in [4.69, 9.17) is 0 Å². The summed E-state index contributed by atoms with van der Waals surface area (Å²) in [4.78, 5) is 13.3. The predicted molar refractivity (Wildman–Crippen MR) is 106 cm³/mol. The van der Waals surface area contributed by atoms with E-state index in [0.717, 1.165) is 27.4 Å². The van der Waals surface area contributed by atoms with Crippen LogP contribution in [-0.2, 0) is 0 Å². The number of halogens is 1. The molecule has 2 N–H and O–H groups in total. The Hall–Kier alpha value is -2.79. The Morgan fingerprint density at radius 3 is 2.31 bits per heavy atom. The average molecular weight is 366 g/mol. The van der Waals surface area contributed by atoms with E-state index in [0.29, 0.717) is 5.56 Å². The van der Waals surface area contributed by atoms with Gasteiger partial charge in [-0.25, -0.2) is 4.39 Å². The molecule has 0 heterocycles. The van der Waals surface area contributed by atoms with Crippen LogP contribution in [0.15, 0.2) is 71.6 Å². The fourth-order valence-electron chi connectivity index (χ4n) is 2.39. The molecule has 0 saturated carbocycles. The highest BCUT2D eigenvalue weighted by Crippen LogP contribution is 2.22. The van der Waals surface area contributed by atoms with Crippen molar-refractivity contribution in [1.82, 2.24) is 0 Å². The first-order chi connectivity index (χ1) is 12.5. The van der Waals surface area contributed by atoms with Gasteiger partial charge in [-0.3, -0.25) is 4.79 Å². The van der Waals surface area contributed by atoms with Crippen molar-refractivity contribution < 1.29 is 9.18 Å². The summed E-state index contributed by atoms with van der Waals surface area (Å²) in [7, 11) is 0. The molecule has 3 rings (SSSR count).